The molecule has 0 radical (unpaired) electrons. The molecule has 9 heteroatoms. The number of benzene rings is 1. The highest BCUT2D eigenvalue weighted by atomic mass is 32.2. The van der Waals surface area contributed by atoms with Crippen molar-refractivity contribution in [3.63, 3.8) is 0 Å². The first-order valence-corrected chi connectivity index (χ1v) is 10.8. The van der Waals surface area contributed by atoms with Gasteiger partial charge in [-0.1, -0.05) is 18.2 Å². The van der Waals surface area contributed by atoms with E-state index in [1.165, 1.54) is 17.0 Å². The van der Waals surface area contributed by atoms with E-state index in [1.807, 2.05) is 20.8 Å². The number of carbonyl (C=O) groups excluding carboxylic acids is 2. The molecule has 2 N–H and O–H groups in total. The molecule has 156 valence electrons. The van der Waals surface area contributed by atoms with Gasteiger partial charge in [0, 0.05) is 18.7 Å². The van der Waals surface area contributed by atoms with Gasteiger partial charge in [0.05, 0.1) is 24.1 Å². The fraction of sp³-hybridized carbons (Fsp3) is 0.579. The maximum Gasteiger partial charge on any atom is 0.241 e. The van der Waals surface area contributed by atoms with E-state index in [-0.39, 0.29) is 30.0 Å². The molecule has 0 unspecified atom stereocenters. The fourth-order valence-electron chi connectivity index (χ4n) is 2.87. The standard InChI is InChI=1S/C19H29N3O5S/c1-19(2,3)21-17(23)14-22(13-15-8-7-11-27-15)18(24)12-20-28(25,26)16-9-5-4-6-10-16/h4-6,9-10,15,20H,7-8,11-14H2,1-3H3,(H,21,23)/t15-/m0/s1. The highest BCUT2D eigenvalue weighted by Crippen LogP contribution is 2.14. The van der Waals surface area contributed by atoms with Crippen LogP contribution in [-0.2, 0) is 24.3 Å². The van der Waals surface area contributed by atoms with Crippen molar-refractivity contribution in [3.05, 3.63) is 30.3 Å². The minimum absolute atomic E-state index is 0.0824. The summed E-state index contributed by atoms with van der Waals surface area (Å²) < 4.78 is 32.5. The molecule has 2 amide bonds. The molecule has 1 fully saturated rings. The lowest BCUT2D eigenvalue weighted by Crippen LogP contribution is -2.50. The van der Waals surface area contributed by atoms with Gasteiger partial charge in [0.1, 0.15) is 0 Å². The van der Waals surface area contributed by atoms with Gasteiger partial charge >= 0.3 is 0 Å². The average molecular weight is 412 g/mol. The SMILES string of the molecule is CC(C)(C)NC(=O)CN(C[C@@H]1CCCO1)C(=O)CNS(=O)(=O)c1ccccc1. The van der Waals surface area contributed by atoms with Crippen LogP contribution in [0.1, 0.15) is 33.6 Å². The third-order valence-electron chi connectivity index (χ3n) is 4.12. The molecule has 0 bridgehead atoms. The normalized spacial score (nSPS) is 17.3. The number of amides is 2. The topological polar surface area (TPSA) is 105 Å². The summed E-state index contributed by atoms with van der Waals surface area (Å²) in [4.78, 5) is 26.4. The molecule has 1 aliphatic heterocycles. The first-order valence-electron chi connectivity index (χ1n) is 9.32. The Balaban J connectivity index is 2.02. The summed E-state index contributed by atoms with van der Waals surface area (Å²) in [6.45, 7) is 5.86. The molecule has 1 atom stereocenters. The number of hydrogen-bond acceptors (Lipinski definition) is 5. The summed E-state index contributed by atoms with van der Waals surface area (Å²) in [5, 5.41) is 2.82. The van der Waals surface area contributed by atoms with Gasteiger partial charge in [-0.05, 0) is 45.7 Å². The van der Waals surface area contributed by atoms with Crippen molar-refractivity contribution in [3.8, 4) is 0 Å². The van der Waals surface area contributed by atoms with Gasteiger partial charge in [-0.3, -0.25) is 9.59 Å². The molecule has 28 heavy (non-hydrogen) atoms. The van der Waals surface area contributed by atoms with Crippen LogP contribution in [0, 0.1) is 0 Å². The van der Waals surface area contributed by atoms with Gasteiger partial charge < -0.3 is 15.0 Å². The van der Waals surface area contributed by atoms with Crippen LogP contribution in [0.4, 0.5) is 0 Å². The van der Waals surface area contributed by atoms with Crippen LogP contribution in [-0.4, -0.2) is 63.0 Å². The molecule has 0 aliphatic carbocycles. The van der Waals surface area contributed by atoms with E-state index < -0.39 is 28.0 Å². The predicted molar refractivity (Wildman–Crippen MR) is 105 cm³/mol. The van der Waals surface area contributed by atoms with E-state index in [4.69, 9.17) is 4.74 Å². The summed E-state index contributed by atoms with van der Waals surface area (Å²) in [5.74, 6) is -0.774. The lowest BCUT2D eigenvalue weighted by molar-refractivity contribution is -0.137. The Hall–Kier alpha value is -1.97. The quantitative estimate of drug-likeness (QED) is 0.661. The lowest BCUT2D eigenvalue weighted by atomic mass is 10.1. The number of sulfonamides is 1. The molecule has 0 saturated carbocycles. The Labute approximate surface area is 166 Å². The fourth-order valence-corrected chi connectivity index (χ4v) is 3.87. The highest BCUT2D eigenvalue weighted by Gasteiger charge is 2.26. The minimum atomic E-state index is -3.80. The monoisotopic (exact) mass is 411 g/mol. The molecule has 1 saturated heterocycles. The maximum absolute atomic E-state index is 12.7. The lowest BCUT2D eigenvalue weighted by Gasteiger charge is -2.27. The van der Waals surface area contributed by atoms with E-state index in [0.29, 0.717) is 6.61 Å². The number of rotatable bonds is 8. The second kappa shape index (κ2) is 9.49. The third-order valence-corrected chi connectivity index (χ3v) is 5.53. The van der Waals surface area contributed by atoms with E-state index in [0.717, 1.165) is 12.8 Å². The van der Waals surface area contributed by atoms with E-state index >= 15 is 0 Å². The maximum atomic E-state index is 12.7. The van der Waals surface area contributed by atoms with Gasteiger partial charge in [-0.2, -0.15) is 0 Å². The van der Waals surface area contributed by atoms with Crippen molar-refractivity contribution < 1.29 is 22.7 Å². The van der Waals surface area contributed by atoms with E-state index in [2.05, 4.69) is 10.0 Å². The van der Waals surface area contributed by atoms with Gasteiger partial charge in [-0.15, -0.1) is 0 Å². The van der Waals surface area contributed by atoms with Gasteiger partial charge in [-0.25, -0.2) is 13.1 Å². The smallest absolute Gasteiger partial charge is 0.241 e. The summed E-state index contributed by atoms with van der Waals surface area (Å²) in [6, 6.07) is 7.83. The second-order valence-corrected chi connectivity index (χ2v) is 9.61. The molecule has 0 aromatic heterocycles. The molecule has 2 rings (SSSR count). The van der Waals surface area contributed by atoms with Crippen LogP contribution < -0.4 is 10.0 Å². The van der Waals surface area contributed by atoms with Crippen LogP contribution in [0.25, 0.3) is 0 Å². The second-order valence-electron chi connectivity index (χ2n) is 7.85. The van der Waals surface area contributed by atoms with Gasteiger partial charge in [0.25, 0.3) is 0 Å². The minimum Gasteiger partial charge on any atom is -0.376 e. The summed E-state index contributed by atoms with van der Waals surface area (Å²) in [6.07, 6.45) is 1.57. The molecular weight excluding hydrogens is 382 g/mol. The number of nitrogens with one attached hydrogen (secondary N) is 2. The largest absolute Gasteiger partial charge is 0.376 e. The summed E-state index contributed by atoms with van der Waals surface area (Å²) in [7, 11) is -3.80. The van der Waals surface area contributed by atoms with Crippen LogP contribution in [0.3, 0.4) is 0 Å². The highest BCUT2D eigenvalue weighted by molar-refractivity contribution is 7.89. The van der Waals surface area contributed by atoms with Crippen LogP contribution in [0.15, 0.2) is 35.2 Å². The Morgan fingerprint density at radius 1 is 1.21 bits per heavy atom. The zero-order chi connectivity index (χ0) is 20.8. The van der Waals surface area contributed by atoms with Crippen molar-refractivity contribution in [2.24, 2.45) is 0 Å². The van der Waals surface area contributed by atoms with Crippen molar-refractivity contribution in [2.45, 2.75) is 50.2 Å². The van der Waals surface area contributed by atoms with Crippen LogP contribution in [0.2, 0.25) is 0 Å². The Bertz CT molecular complexity index is 769. The van der Waals surface area contributed by atoms with Crippen LogP contribution in [0.5, 0.6) is 0 Å². The Kier molecular flexibility index (Phi) is 7.56. The first kappa shape index (κ1) is 22.3. The zero-order valence-corrected chi connectivity index (χ0v) is 17.4. The Morgan fingerprint density at radius 3 is 2.46 bits per heavy atom. The molecule has 1 heterocycles. The number of carbonyl (C=O) groups is 2. The molecule has 1 aromatic rings. The molecule has 1 aromatic carbocycles. The number of nitrogens with zero attached hydrogens (tertiary/aromatic N) is 1. The molecule has 8 nitrogen and oxygen atoms in total. The van der Waals surface area contributed by atoms with Crippen molar-refractivity contribution in [1.29, 1.82) is 0 Å². The van der Waals surface area contributed by atoms with E-state index in [9.17, 15) is 18.0 Å². The molecule has 0 spiro atoms. The van der Waals surface area contributed by atoms with Gasteiger partial charge in [0.2, 0.25) is 21.8 Å². The Morgan fingerprint density at radius 2 is 1.89 bits per heavy atom. The van der Waals surface area contributed by atoms with Crippen molar-refractivity contribution in [2.75, 3.05) is 26.2 Å². The number of hydrogen-bond donors (Lipinski definition) is 2. The van der Waals surface area contributed by atoms with E-state index in [1.54, 1.807) is 18.2 Å². The van der Waals surface area contributed by atoms with Gasteiger partial charge in [0.15, 0.2) is 0 Å². The first-order chi connectivity index (χ1) is 13.1. The van der Waals surface area contributed by atoms with Crippen molar-refractivity contribution in [1.82, 2.24) is 14.9 Å². The zero-order valence-electron chi connectivity index (χ0n) is 16.6. The van der Waals surface area contributed by atoms with Crippen molar-refractivity contribution >= 4 is 21.8 Å². The molecular formula is C19H29N3O5S. The summed E-state index contributed by atoms with van der Waals surface area (Å²) in [5.41, 5.74) is -0.426. The molecule has 1 aliphatic rings. The number of ether oxygens (including phenoxy) is 1. The third kappa shape index (κ3) is 7.21. The average Bonchev–Trinajstić information content (AvgIpc) is 3.11. The predicted octanol–water partition coefficient (Wildman–Crippen LogP) is 0.887. The van der Waals surface area contributed by atoms with Crippen LogP contribution >= 0.6 is 0 Å². The summed E-state index contributed by atoms with van der Waals surface area (Å²) >= 11 is 0.